The zero-order chi connectivity index (χ0) is 18.6. The molecule has 1 amide bonds. The summed E-state index contributed by atoms with van der Waals surface area (Å²) < 4.78 is 13.4. The second-order valence-corrected chi connectivity index (χ2v) is 6.76. The zero-order valence-corrected chi connectivity index (χ0v) is 15.0. The average molecular weight is 378 g/mol. The Morgan fingerprint density at radius 1 is 1.15 bits per heavy atom. The summed E-state index contributed by atoms with van der Waals surface area (Å²) in [5.41, 5.74) is 2.94. The first-order valence-electron chi connectivity index (χ1n) is 8.27. The largest absolute Gasteiger partial charge is 0.345 e. The Bertz CT molecular complexity index is 1080. The fourth-order valence-electron chi connectivity index (χ4n) is 2.68. The molecule has 0 saturated carbocycles. The summed E-state index contributed by atoms with van der Waals surface area (Å²) in [6.45, 7) is 0. The second kappa shape index (κ2) is 7.51. The molecule has 2 heterocycles. The van der Waals surface area contributed by atoms with Gasteiger partial charge < -0.3 is 10.3 Å². The molecule has 0 unspecified atom stereocenters. The Morgan fingerprint density at radius 3 is 2.81 bits per heavy atom. The van der Waals surface area contributed by atoms with Gasteiger partial charge in [0.1, 0.15) is 16.6 Å². The van der Waals surface area contributed by atoms with Crippen molar-refractivity contribution in [1.29, 1.82) is 0 Å². The molecule has 0 saturated heterocycles. The van der Waals surface area contributed by atoms with Gasteiger partial charge in [0.05, 0.1) is 12.1 Å². The van der Waals surface area contributed by atoms with E-state index in [4.69, 9.17) is 0 Å². The van der Waals surface area contributed by atoms with Crippen LogP contribution in [0.3, 0.4) is 0 Å². The van der Waals surface area contributed by atoms with Gasteiger partial charge in [-0.25, -0.2) is 14.4 Å². The minimum absolute atomic E-state index is 0.150. The number of thiazole rings is 1. The number of benzene rings is 2. The van der Waals surface area contributed by atoms with Gasteiger partial charge in [0.15, 0.2) is 0 Å². The van der Waals surface area contributed by atoms with E-state index in [0.717, 1.165) is 11.4 Å². The van der Waals surface area contributed by atoms with E-state index < -0.39 is 0 Å². The summed E-state index contributed by atoms with van der Waals surface area (Å²) in [6, 6.07) is 13.7. The topological polar surface area (TPSA) is 70.7 Å². The Hall–Kier alpha value is -3.32. The van der Waals surface area contributed by atoms with Crippen molar-refractivity contribution in [2.45, 2.75) is 6.42 Å². The monoisotopic (exact) mass is 378 g/mol. The Balaban J connectivity index is 1.44. The zero-order valence-electron chi connectivity index (χ0n) is 14.1. The number of carbonyl (C=O) groups excluding carboxylic acids is 1. The summed E-state index contributed by atoms with van der Waals surface area (Å²) >= 11 is 1.39. The number of rotatable bonds is 5. The molecular formula is C20H15FN4OS. The molecule has 0 fully saturated rings. The molecular weight excluding hydrogens is 363 g/mol. The van der Waals surface area contributed by atoms with Gasteiger partial charge in [-0.2, -0.15) is 0 Å². The van der Waals surface area contributed by atoms with E-state index in [2.05, 4.69) is 20.3 Å². The van der Waals surface area contributed by atoms with E-state index >= 15 is 0 Å². The molecule has 0 aliphatic heterocycles. The SMILES string of the molecule is O=C(Cc1csc(-c2cccc(F)c2)n1)Nc1cccc(-c2ncc[nH]2)c1. The van der Waals surface area contributed by atoms with E-state index in [9.17, 15) is 9.18 Å². The highest BCUT2D eigenvalue weighted by Gasteiger charge is 2.10. The van der Waals surface area contributed by atoms with Crippen LogP contribution in [0, 0.1) is 5.82 Å². The number of H-pyrrole nitrogens is 1. The molecule has 0 aliphatic rings. The van der Waals surface area contributed by atoms with Gasteiger partial charge in [-0.15, -0.1) is 11.3 Å². The quantitative estimate of drug-likeness (QED) is 0.536. The standard InChI is InChI=1S/C20H15FN4OS/c21-15-5-1-4-14(9-15)20-25-17(12-27-20)11-18(26)24-16-6-2-3-13(10-16)19-22-7-8-23-19/h1-10,12H,11H2,(H,22,23)(H,24,26). The van der Waals surface area contributed by atoms with Crippen LogP contribution in [0.25, 0.3) is 22.0 Å². The first-order valence-corrected chi connectivity index (χ1v) is 9.15. The van der Waals surface area contributed by atoms with E-state index in [1.807, 2.05) is 29.6 Å². The molecule has 0 radical (unpaired) electrons. The highest BCUT2D eigenvalue weighted by atomic mass is 32.1. The van der Waals surface area contributed by atoms with E-state index in [0.29, 0.717) is 22.0 Å². The lowest BCUT2D eigenvalue weighted by Crippen LogP contribution is -2.14. The van der Waals surface area contributed by atoms with Crippen molar-refractivity contribution < 1.29 is 9.18 Å². The summed E-state index contributed by atoms with van der Waals surface area (Å²) in [6.07, 6.45) is 3.58. The maximum atomic E-state index is 13.4. The smallest absolute Gasteiger partial charge is 0.230 e. The lowest BCUT2D eigenvalue weighted by molar-refractivity contribution is -0.115. The van der Waals surface area contributed by atoms with Gasteiger partial charge in [-0.1, -0.05) is 24.3 Å². The van der Waals surface area contributed by atoms with Gasteiger partial charge >= 0.3 is 0 Å². The molecule has 5 nitrogen and oxygen atoms in total. The number of aromatic nitrogens is 3. The normalized spacial score (nSPS) is 10.7. The minimum atomic E-state index is -0.307. The Labute approximate surface area is 158 Å². The summed E-state index contributed by atoms with van der Waals surface area (Å²) in [5, 5.41) is 5.39. The van der Waals surface area contributed by atoms with E-state index in [1.165, 1.54) is 23.5 Å². The number of hydrogen-bond acceptors (Lipinski definition) is 4. The summed E-state index contributed by atoms with van der Waals surface area (Å²) in [5.74, 6) is 0.270. The molecule has 0 aliphatic carbocycles. The van der Waals surface area contributed by atoms with E-state index in [-0.39, 0.29) is 18.1 Å². The molecule has 4 aromatic rings. The van der Waals surface area contributed by atoms with Crippen molar-refractivity contribution >= 4 is 22.9 Å². The van der Waals surface area contributed by atoms with Crippen molar-refractivity contribution in [3.05, 3.63) is 77.8 Å². The number of carbonyl (C=O) groups is 1. The number of hydrogen-bond donors (Lipinski definition) is 2. The molecule has 2 aromatic heterocycles. The predicted molar refractivity (Wildman–Crippen MR) is 104 cm³/mol. The van der Waals surface area contributed by atoms with Gasteiger partial charge in [-0.3, -0.25) is 4.79 Å². The number of imidazole rings is 1. The third-order valence-electron chi connectivity index (χ3n) is 3.88. The molecule has 2 N–H and O–H groups in total. The summed E-state index contributed by atoms with van der Waals surface area (Å²) in [7, 11) is 0. The number of nitrogens with one attached hydrogen (secondary N) is 2. The highest BCUT2D eigenvalue weighted by Crippen LogP contribution is 2.25. The predicted octanol–water partition coefficient (Wildman–Crippen LogP) is 4.52. The third-order valence-corrected chi connectivity index (χ3v) is 4.82. The van der Waals surface area contributed by atoms with Crippen LogP contribution in [0.1, 0.15) is 5.69 Å². The fraction of sp³-hybridized carbons (Fsp3) is 0.0500. The number of anilines is 1. The number of halogens is 1. The minimum Gasteiger partial charge on any atom is -0.345 e. The van der Waals surface area contributed by atoms with Crippen LogP contribution < -0.4 is 5.32 Å². The highest BCUT2D eigenvalue weighted by molar-refractivity contribution is 7.13. The summed E-state index contributed by atoms with van der Waals surface area (Å²) in [4.78, 5) is 24.0. The van der Waals surface area contributed by atoms with Crippen molar-refractivity contribution in [2.24, 2.45) is 0 Å². The lowest BCUT2D eigenvalue weighted by Gasteiger charge is -2.06. The van der Waals surface area contributed by atoms with Crippen LogP contribution >= 0.6 is 11.3 Å². The number of amides is 1. The van der Waals surface area contributed by atoms with Crippen LogP contribution in [0.5, 0.6) is 0 Å². The number of aromatic amines is 1. The maximum absolute atomic E-state index is 13.4. The first kappa shape index (κ1) is 17.1. The molecule has 4 rings (SSSR count). The average Bonchev–Trinajstić information content (AvgIpc) is 3.34. The van der Waals surface area contributed by atoms with Crippen molar-refractivity contribution in [2.75, 3.05) is 5.32 Å². The Morgan fingerprint density at radius 2 is 2.00 bits per heavy atom. The molecule has 0 spiro atoms. The molecule has 0 atom stereocenters. The third kappa shape index (κ3) is 4.09. The fourth-order valence-corrected chi connectivity index (χ4v) is 3.50. The molecule has 7 heteroatoms. The van der Waals surface area contributed by atoms with Crippen LogP contribution in [0.2, 0.25) is 0 Å². The van der Waals surface area contributed by atoms with Crippen LogP contribution in [-0.4, -0.2) is 20.9 Å². The Kier molecular flexibility index (Phi) is 4.76. The molecule has 0 bridgehead atoms. The van der Waals surface area contributed by atoms with Crippen molar-refractivity contribution in [3.8, 4) is 22.0 Å². The van der Waals surface area contributed by atoms with Crippen molar-refractivity contribution in [1.82, 2.24) is 15.0 Å². The number of nitrogens with zero attached hydrogens (tertiary/aromatic N) is 2. The maximum Gasteiger partial charge on any atom is 0.230 e. The van der Waals surface area contributed by atoms with Crippen LogP contribution in [0.15, 0.2) is 66.3 Å². The first-order chi connectivity index (χ1) is 13.2. The van der Waals surface area contributed by atoms with Gasteiger partial charge in [-0.05, 0) is 24.3 Å². The molecule has 2 aromatic carbocycles. The van der Waals surface area contributed by atoms with Gasteiger partial charge in [0.2, 0.25) is 5.91 Å². The molecule has 134 valence electrons. The van der Waals surface area contributed by atoms with Crippen molar-refractivity contribution in [3.63, 3.8) is 0 Å². The van der Waals surface area contributed by atoms with Gasteiger partial charge in [0, 0.05) is 34.6 Å². The van der Waals surface area contributed by atoms with E-state index in [1.54, 1.807) is 24.5 Å². The lowest BCUT2D eigenvalue weighted by atomic mass is 10.2. The second-order valence-electron chi connectivity index (χ2n) is 5.90. The van der Waals surface area contributed by atoms with Crippen LogP contribution in [0.4, 0.5) is 10.1 Å². The van der Waals surface area contributed by atoms with Gasteiger partial charge in [0.25, 0.3) is 0 Å². The molecule has 27 heavy (non-hydrogen) atoms. The van der Waals surface area contributed by atoms with Crippen LogP contribution in [-0.2, 0) is 11.2 Å².